The van der Waals surface area contributed by atoms with Crippen molar-refractivity contribution in [3.05, 3.63) is 65.2 Å². The Balaban J connectivity index is 2.41. The van der Waals surface area contributed by atoms with E-state index in [2.05, 4.69) is 5.32 Å². The quantitative estimate of drug-likeness (QED) is 0.469. The van der Waals surface area contributed by atoms with Crippen molar-refractivity contribution in [3.8, 4) is 0 Å². The molecule has 0 radical (unpaired) electrons. The molecule has 0 unspecified atom stereocenters. The molecule has 9 heteroatoms. The molecule has 0 saturated heterocycles. The SMILES string of the molecule is Cc1ccc(C)c(N(CC(=O)N(CCc2ccccc2)[C@@H](C)C(=O)NCC(C)C)S(=O)(=O)N(C)C)c1. The molecule has 0 aliphatic carbocycles. The number of amides is 2. The fourth-order valence-corrected chi connectivity index (χ4v) is 4.83. The minimum absolute atomic E-state index is 0.264. The second-order valence-electron chi connectivity index (χ2n) is 9.72. The van der Waals surface area contributed by atoms with E-state index in [-0.39, 0.29) is 18.4 Å². The van der Waals surface area contributed by atoms with Crippen molar-refractivity contribution < 1.29 is 18.0 Å². The van der Waals surface area contributed by atoms with Crippen LogP contribution in [0.1, 0.15) is 37.5 Å². The molecule has 0 spiro atoms. The number of benzene rings is 2. The van der Waals surface area contributed by atoms with Gasteiger partial charge < -0.3 is 10.2 Å². The van der Waals surface area contributed by atoms with Crippen LogP contribution in [0.25, 0.3) is 0 Å². The van der Waals surface area contributed by atoms with Crippen LogP contribution in [0, 0.1) is 19.8 Å². The lowest BCUT2D eigenvalue weighted by atomic mass is 10.1. The Bertz CT molecular complexity index is 1130. The molecule has 8 nitrogen and oxygen atoms in total. The van der Waals surface area contributed by atoms with Crippen molar-refractivity contribution in [3.63, 3.8) is 0 Å². The minimum Gasteiger partial charge on any atom is -0.354 e. The first-order valence-corrected chi connectivity index (χ1v) is 13.6. The van der Waals surface area contributed by atoms with Crippen molar-refractivity contribution in [2.45, 2.75) is 47.1 Å². The van der Waals surface area contributed by atoms with E-state index in [0.717, 1.165) is 25.3 Å². The van der Waals surface area contributed by atoms with Crippen LogP contribution in [-0.2, 0) is 26.2 Å². The summed E-state index contributed by atoms with van der Waals surface area (Å²) in [6, 6.07) is 14.4. The zero-order chi connectivity index (χ0) is 27.0. The number of carbonyl (C=O) groups is 2. The van der Waals surface area contributed by atoms with Crippen molar-refractivity contribution >= 4 is 27.7 Å². The van der Waals surface area contributed by atoms with Crippen LogP contribution in [0.3, 0.4) is 0 Å². The molecule has 1 N–H and O–H groups in total. The van der Waals surface area contributed by atoms with Crippen LogP contribution in [0.4, 0.5) is 5.69 Å². The van der Waals surface area contributed by atoms with Gasteiger partial charge in [-0.05, 0) is 55.9 Å². The second-order valence-corrected chi connectivity index (χ2v) is 11.8. The van der Waals surface area contributed by atoms with Crippen LogP contribution >= 0.6 is 0 Å². The van der Waals surface area contributed by atoms with Gasteiger partial charge in [0.15, 0.2) is 0 Å². The van der Waals surface area contributed by atoms with Crippen molar-refractivity contribution in [2.75, 3.05) is 38.0 Å². The average molecular weight is 517 g/mol. The zero-order valence-corrected chi connectivity index (χ0v) is 23.3. The van der Waals surface area contributed by atoms with Gasteiger partial charge in [0.2, 0.25) is 11.8 Å². The molecule has 0 fully saturated rings. The lowest BCUT2D eigenvalue weighted by Crippen LogP contribution is -2.53. The van der Waals surface area contributed by atoms with E-state index < -0.39 is 28.7 Å². The summed E-state index contributed by atoms with van der Waals surface area (Å²) in [5, 5.41) is 2.89. The molecular formula is C27H40N4O4S. The third-order valence-corrected chi connectivity index (χ3v) is 7.79. The Labute approximate surface area is 216 Å². The number of carbonyl (C=O) groups excluding carboxylic acids is 2. The van der Waals surface area contributed by atoms with Crippen molar-refractivity contribution in [1.29, 1.82) is 0 Å². The third-order valence-electron chi connectivity index (χ3n) is 5.99. The topological polar surface area (TPSA) is 90.0 Å². The molecule has 0 bridgehead atoms. The molecule has 2 rings (SSSR count). The third kappa shape index (κ3) is 7.80. The van der Waals surface area contributed by atoms with Crippen LogP contribution in [0.2, 0.25) is 0 Å². The predicted octanol–water partition coefficient (Wildman–Crippen LogP) is 3.15. The number of hydrogen-bond donors (Lipinski definition) is 1. The molecule has 2 aromatic carbocycles. The molecule has 1 atom stereocenters. The number of hydrogen-bond acceptors (Lipinski definition) is 4. The molecule has 2 amide bonds. The molecule has 0 saturated carbocycles. The van der Waals surface area contributed by atoms with Gasteiger partial charge in [0.1, 0.15) is 12.6 Å². The summed E-state index contributed by atoms with van der Waals surface area (Å²) in [4.78, 5) is 28.1. The lowest BCUT2D eigenvalue weighted by Gasteiger charge is -2.33. The maximum Gasteiger partial charge on any atom is 0.304 e. The molecule has 198 valence electrons. The van der Waals surface area contributed by atoms with E-state index in [1.54, 1.807) is 13.0 Å². The van der Waals surface area contributed by atoms with Gasteiger partial charge >= 0.3 is 10.2 Å². The molecule has 0 heterocycles. The number of rotatable bonds is 12. The fourth-order valence-electron chi connectivity index (χ4n) is 3.71. The smallest absolute Gasteiger partial charge is 0.304 e. The molecule has 36 heavy (non-hydrogen) atoms. The number of anilines is 1. The van der Waals surface area contributed by atoms with E-state index in [1.165, 1.54) is 19.0 Å². The summed E-state index contributed by atoms with van der Waals surface area (Å²) in [5.41, 5.74) is 3.08. The summed E-state index contributed by atoms with van der Waals surface area (Å²) in [6.07, 6.45) is 0.540. The van der Waals surface area contributed by atoms with Gasteiger partial charge in [0.05, 0.1) is 5.69 Å². The van der Waals surface area contributed by atoms with Crippen LogP contribution in [0.5, 0.6) is 0 Å². The minimum atomic E-state index is -3.98. The predicted molar refractivity (Wildman–Crippen MR) is 145 cm³/mol. The first kappa shape index (κ1) is 29.3. The van der Waals surface area contributed by atoms with Gasteiger partial charge in [-0.2, -0.15) is 12.7 Å². The largest absolute Gasteiger partial charge is 0.354 e. The van der Waals surface area contributed by atoms with E-state index in [1.807, 2.05) is 70.2 Å². The van der Waals surface area contributed by atoms with Crippen LogP contribution in [0.15, 0.2) is 48.5 Å². The number of nitrogens with one attached hydrogen (secondary N) is 1. The van der Waals surface area contributed by atoms with Gasteiger partial charge in [-0.1, -0.05) is 56.3 Å². The summed E-state index contributed by atoms with van der Waals surface area (Å²) >= 11 is 0. The van der Waals surface area contributed by atoms with Gasteiger partial charge in [-0.25, -0.2) is 4.31 Å². The highest BCUT2D eigenvalue weighted by molar-refractivity contribution is 7.90. The molecule has 0 aliphatic heterocycles. The molecule has 0 aliphatic rings. The summed E-state index contributed by atoms with van der Waals surface area (Å²) in [6.45, 7) is 9.72. The van der Waals surface area contributed by atoms with Crippen molar-refractivity contribution in [2.24, 2.45) is 5.92 Å². The van der Waals surface area contributed by atoms with E-state index in [4.69, 9.17) is 0 Å². The maximum atomic E-state index is 13.7. The molecular weight excluding hydrogens is 476 g/mol. The Morgan fingerprint density at radius 1 is 0.972 bits per heavy atom. The Morgan fingerprint density at radius 2 is 1.61 bits per heavy atom. The molecule has 0 aromatic heterocycles. The van der Waals surface area contributed by atoms with E-state index in [9.17, 15) is 18.0 Å². The first-order valence-electron chi connectivity index (χ1n) is 12.2. The van der Waals surface area contributed by atoms with Gasteiger partial charge in [0.25, 0.3) is 0 Å². The maximum absolute atomic E-state index is 13.7. The molecule has 2 aromatic rings. The summed E-state index contributed by atoms with van der Waals surface area (Å²) in [5.74, 6) is -0.442. The zero-order valence-electron chi connectivity index (χ0n) is 22.5. The average Bonchev–Trinajstić information content (AvgIpc) is 2.83. The van der Waals surface area contributed by atoms with E-state index in [0.29, 0.717) is 18.7 Å². The number of nitrogens with zero attached hydrogens (tertiary/aromatic N) is 3. The number of aryl methyl sites for hydroxylation is 2. The van der Waals surface area contributed by atoms with Gasteiger partial charge in [-0.15, -0.1) is 0 Å². The first-order chi connectivity index (χ1) is 16.8. The fraction of sp³-hybridized carbons (Fsp3) is 0.481. The van der Waals surface area contributed by atoms with Crippen molar-refractivity contribution in [1.82, 2.24) is 14.5 Å². The monoisotopic (exact) mass is 516 g/mol. The normalized spacial score (nSPS) is 12.5. The highest BCUT2D eigenvalue weighted by Gasteiger charge is 2.33. The lowest BCUT2D eigenvalue weighted by molar-refractivity contribution is -0.138. The van der Waals surface area contributed by atoms with Gasteiger partial charge in [-0.3, -0.25) is 9.59 Å². The highest BCUT2D eigenvalue weighted by atomic mass is 32.2. The standard InChI is InChI=1S/C27H40N4O4S/c1-20(2)18-28-27(33)23(5)30(16-15-24-11-9-8-10-12-24)26(32)19-31(36(34,35)29(6)7)25-17-21(3)13-14-22(25)4/h8-14,17,20,23H,15-16,18-19H2,1-7H3,(H,28,33)/t23-/m0/s1. The second kappa shape index (κ2) is 12.9. The Hall–Kier alpha value is -2.91. The highest BCUT2D eigenvalue weighted by Crippen LogP contribution is 2.25. The summed E-state index contributed by atoms with van der Waals surface area (Å²) in [7, 11) is -1.10. The Morgan fingerprint density at radius 3 is 2.19 bits per heavy atom. The van der Waals surface area contributed by atoms with Crippen LogP contribution in [-0.4, -0.2) is 69.2 Å². The summed E-state index contributed by atoms with van der Waals surface area (Å²) < 4.78 is 28.9. The Kier molecular flexibility index (Phi) is 10.5. The van der Waals surface area contributed by atoms with Gasteiger partial charge in [0, 0.05) is 27.2 Å². The van der Waals surface area contributed by atoms with Crippen LogP contribution < -0.4 is 9.62 Å². The van der Waals surface area contributed by atoms with E-state index >= 15 is 0 Å².